The average Bonchev–Trinajstić information content (AvgIpc) is 3.06. The molecule has 0 aliphatic heterocycles. The van der Waals surface area contributed by atoms with Crippen molar-refractivity contribution in [2.24, 2.45) is 5.41 Å². The topological polar surface area (TPSA) is 89.2 Å². The zero-order valence-corrected chi connectivity index (χ0v) is 18.0. The predicted molar refractivity (Wildman–Crippen MR) is 118 cm³/mol. The Morgan fingerprint density at radius 1 is 1.00 bits per heavy atom. The monoisotopic (exact) mass is 416 g/mol. The number of nitro groups is 1. The van der Waals surface area contributed by atoms with Gasteiger partial charge in [-0.15, -0.1) is 0 Å². The highest BCUT2D eigenvalue weighted by Gasteiger charge is 2.73. The maximum Gasteiger partial charge on any atom is 0.271 e. The van der Waals surface area contributed by atoms with Crippen LogP contribution in [-0.4, -0.2) is 27.8 Å². The van der Waals surface area contributed by atoms with Gasteiger partial charge in [0, 0.05) is 30.3 Å². The van der Waals surface area contributed by atoms with Crippen LogP contribution in [0.15, 0.2) is 48.5 Å². The second-order valence-corrected chi connectivity index (χ2v) is 9.41. The molecule has 1 fully saturated rings. The number of likely N-dealkylation sites (N-methyl/N-ethyl adjacent to an activating group) is 1. The highest BCUT2D eigenvalue weighted by Crippen LogP contribution is 2.70. The van der Waals surface area contributed by atoms with Crippen LogP contribution in [0.2, 0.25) is 0 Å². The van der Waals surface area contributed by atoms with E-state index in [-0.39, 0.29) is 17.0 Å². The number of rotatable bonds is 3. The minimum atomic E-state index is -0.840. The maximum atomic E-state index is 14.1. The molecule has 0 spiro atoms. The second kappa shape index (κ2) is 6.09. The first-order valence-electron chi connectivity index (χ1n) is 10.4. The van der Waals surface area contributed by atoms with Crippen LogP contribution >= 0.6 is 0 Å². The van der Waals surface area contributed by atoms with Crippen molar-refractivity contribution in [1.82, 2.24) is 9.97 Å². The Hall–Kier alpha value is -3.35. The van der Waals surface area contributed by atoms with E-state index in [0.29, 0.717) is 23.1 Å². The number of para-hydroxylation sites is 1. The molecule has 2 aliphatic carbocycles. The Balaban J connectivity index is 1.75. The number of carbonyl (C=O) groups is 1. The van der Waals surface area contributed by atoms with Crippen molar-refractivity contribution in [2.45, 2.75) is 44.4 Å². The summed E-state index contributed by atoms with van der Waals surface area (Å²) in [5, 5.41) is 11.3. The van der Waals surface area contributed by atoms with E-state index in [2.05, 4.69) is 20.8 Å². The van der Waals surface area contributed by atoms with E-state index in [4.69, 9.17) is 9.97 Å². The first-order chi connectivity index (χ1) is 14.6. The molecule has 3 aromatic rings. The predicted octanol–water partition coefficient (Wildman–Crippen LogP) is 4.53. The van der Waals surface area contributed by atoms with Gasteiger partial charge in [-0.3, -0.25) is 14.9 Å². The van der Waals surface area contributed by atoms with Crippen molar-refractivity contribution in [1.29, 1.82) is 0 Å². The first-order valence-corrected chi connectivity index (χ1v) is 10.4. The molecule has 7 nitrogen and oxygen atoms in total. The maximum absolute atomic E-state index is 14.1. The molecule has 2 aliphatic rings. The fourth-order valence-corrected chi connectivity index (χ4v) is 5.73. The van der Waals surface area contributed by atoms with Crippen LogP contribution in [0.3, 0.4) is 0 Å². The van der Waals surface area contributed by atoms with Gasteiger partial charge in [-0.2, -0.15) is 0 Å². The minimum absolute atomic E-state index is 0.00902. The molecule has 1 heterocycles. The quantitative estimate of drug-likeness (QED) is 0.462. The fourth-order valence-electron chi connectivity index (χ4n) is 5.73. The van der Waals surface area contributed by atoms with Gasteiger partial charge in [-0.25, -0.2) is 9.97 Å². The van der Waals surface area contributed by atoms with Crippen LogP contribution in [0.1, 0.15) is 45.0 Å². The molecule has 5 rings (SSSR count). The van der Waals surface area contributed by atoms with Crippen LogP contribution in [0.5, 0.6) is 0 Å². The van der Waals surface area contributed by atoms with E-state index in [1.165, 1.54) is 12.1 Å². The molecule has 1 aromatic heterocycles. The number of anilines is 1. The normalized spacial score (nSPS) is 25.4. The third-order valence-electron chi connectivity index (χ3n) is 8.05. The smallest absolute Gasteiger partial charge is 0.271 e. The Bertz CT molecular complexity index is 1260. The molecule has 1 saturated carbocycles. The lowest BCUT2D eigenvalue weighted by atomic mass is 9.63. The summed E-state index contributed by atoms with van der Waals surface area (Å²) >= 11 is 0. The number of nitro benzene ring substituents is 1. The van der Waals surface area contributed by atoms with Gasteiger partial charge in [0.1, 0.15) is 0 Å². The van der Waals surface area contributed by atoms with Crippen LogP contribution in [0.25, 0.3) is 11.0 Å². The Morgan fingerprint density at radius 3 is 2.35 bits per heavy atom. The highest BCUT2D eigenvalue weighted by molar-refractivity contribution is 6.03. The van der Waals surface area contributed by atoms with Gasteiger partial charge in [0.2, 0.25) is 5.91 Å². The van der Waals surface area contributed by atoms with Crippen molar-refractivity contribution in [2.75, 3.05) is 11.9 Å². The van der Waals surface area contributed by atoms with E-state index in [1.54, 1.807) is 18.0 Å². The SMILES string of the molecule is CN(C(=O)C12CCC(C)(c3nc4ccc([N+](=O)[O-])cc4nc31)C2(C)C)c1ccccc1. The fraction of sp³-hybridized carbons (Fsp3) is 0.375. The minimum Gasteiger partial charge on any atom is -0.315 e. The summed E-state index contributed by atoms with van der Waals surface area (Å²) in [7, 11) is 1.80. The lowest BCUT2D eigenvalue weighted by molar-refractivity contribution is -0.384. The average molecular weight is 416 g/mol. The summed E-state index contributed by atoms with van der Waals surface area (Å²) in [6.45, 7) is 6.43. The number of carbonyl (C=O) groups excluding carboxylic acids is 1. The molecule has 1 amide bonds. The van der Waals surface area contributed by atoms with E-state index >= 15 is 0 Å². The summed E-state index contributed by atoms with van der Waals surface area (Å²) in [6.07, 6.45) is 1.52. The highest BCUT2D eigenvalue weighted by atomic mass is 16.6. The summed E-state index contributed by atoms with van der Waals surface area (Å²) in [5.74, 6) is -0.00902. The Morgan fingerprint density at radius 2 is 1.68 bits per heavy atom. The molecule has 0 radical (unpaired) electrons. The van der Waals surface area contributed by atoms with Gasteiger partial charge < -0.3 is 4.90 Å². The van der Waals surface area contributed by atoms with Gasteiger partial charge >= 0.3 is 0 Å². The van der Waals surface area contributed by atoms with Crippen LogP contribution in [-0.2, 0) is 15.6 Å². The lowest BCUT2D eigenvalue weighted by Gasteiger charge is -2.41. The molecule has 0 N–H and O–H groups in total. The van der Waals surface area contributed by atoms with Crippen LogP contribution in [0.4, 0.5) is 11.4 Å². The summed E-state index contributed by atoms with van der Waals surface area (Å²) in [4.78, 5) is 36.4. The van der Waals surface area contributed by atoms with Gasteiger partial charge in [-0.1, -0.05) is 39.0 Å². The van der Waals surface area contributed by atoms with Crippen LogP contribution in [0, 0.1) is 15.5 Å². The third-order valence-corrected chi connectivity index (χ3v) is 8.05. The van der Waals surface area contributed by atoms with E-state index in [0.717, 1.165) is 17.8 Å². The number of hydrogen-bond donors (Lipinski definition) is 0. The number of nitrogens with zero attached hydrogens (tertiary/aromatic N) is 4. The molecule has 2 aromatic carbocycles. The largest absolute Gasteiger partial charge is 0.315 e. The van der Waals surface area contributed by atoms with E-state index < -0.39 is 15.8 Å². The molecule has 0 saturated heterocycles. The molecule has 2 atom stereocenters. The van der Waals surface area contributed by atoms with Gasteiger partial charge in [0.15, 0.2) is 0 Å². The zero-order valence-electron chi connectivity index (χ0n) is 18.0. The number of amides is 1. The molecular weight excluding hydrogens is 392 g/mol. The van der Waals surface area contributed by atoms with E-state index in [9.17, 15) is 14.9 Å². The summed E-state index contributed by atoms with van der Waals surface area (Å²) in [5.41, 5.74) is 1.83. The van der Waals surface area contributed by atoms with Crippen molar-refractivity contribution >= 4 is 28.3 Å². The number of benzene rings is 2. The molecule has 2 bridgehead atoms. The Kier molecular flexibility index (Phi) is 3.85. The second-order valence-electron chi connectivity index (χ2n) is 9.41. The van der Waals surface area contributed by atoms with Crippen molar-refractivity contribution in [3.8, 4) is 0 Å². The molecule has 158 valence electrons. The van der Waals surface area contributed by atoms with Gasteiger partial charge in [-0.05, 0) is 36.5 Å². The van der Waals surface area contributed by atoms with Crippen molar-refractivity contribution < 1.29 is 9.72 Å². The van der Waals surface area contributed by atoms with Crippen LogP contribution < -0.4 is 4.90 Å². The zero-order chi connectivity index (χ0) is 22.2. The number of aromatic nitrogens is 2. The summed E-state index contributed by atoms with van der Waals surface area (Å²) in [6, 6.07) is 14.1. The van der Waals surface area contributed by atoms with Gasteiger partial charge in [0.05, 0.1) is 32.8 Å². The van der Waals surface area contributed by atoms with E-state index in [1.807, 2.05) is 30.3 Å². The molecule has 31 heavy (non-hydrogen) atoms. The molecule has 7 heteroatoms. The molecular formula is C24H24N4O3. The van der Waals surface area contributed by atoms with Crippen molar-refractivity contribution in [3.63, 3.8) is 0 Å². The number of fused-ring (bicyclic) bond motifs is 6. The first kappa shape index (κ1) is 19.6. The summed E-state index contributed by atoms with van der Waals surface area (Å²) < 4.78 is 0. The third kappa shape index (κ3) is 2.26. The lowest BCUT2D eigenvalue weighted by Crippen LogP contribution is -2.52. The number of non-ortho nitro benzene ring substituents is 1. The van der Waals surface area contributed by atoms with Gasteiger partial charge in [0.25, 0.3) is 5.69 Å². The standard InChI is InChI=1S/C24H24N4O3/c1-22(2)23(3)12-13-24(22,21(29)27(4)15-8-6-5-7-9-15)20-19(23)25-17-11-10-16(28(30)31)14-18(17)26-20/h5-11,14H,12-13H2,1-4H3. The number of hydrogen-bond acceptors (Lipinski definition) is 5. The Labute approximate surface area is 180 Å². The van der Waals surface area contributed by atoms with Crippen molar-refractivity contribution in [3.05, 3.63) is 70.0 Å². The molecule has 2 unspecified atom stereocenters.